The smallest absolute Gasteiger partial charge is 0.245 e. The van der Waals surface area contributed by atoms with E-state index in [0.29, 0.717) is 13.1 Å². The summed E-state index contributed by atoms with van der Waals surface area (Å²) in [6.45, 7) is 4.95. The van der Waals surface area contributed by atoms with Gasteiger partial charge in [0.05, 0.1) is 6.10 Å². The Morgan fingerprint density at radius 1 is 1.19 bits per heavy atom. The molecule has 0 aromatic carbocycles. The Hall–Kier alpha value is -1.10. The van der Waals surface area contributed by atoms with Crippen molar-refractivity contribution in [3.63, 3.8) is 0 Å². The van der Waals surface area contributed by atoms with Gasteiger partial charge in [0.25, 0.3) is 0 Å². The van der Waals surface area contributed by atoms with Crippen LogP contribution >= 0.6 is 0 Å². The van der Waals surface area contributed by atoms with Crippen LogP contribution in [0.4, 0.5) is 0 Å². The zero-order chi connectivity index (χ0) is 14.8. The third-order valence-corrected chi connectivity index (χ3v) is 4.89. The molecule has 2 amide bonds. The van der Waals surface area contributed by atoms with Gasteiger partial charge in [-0.1, -0.05) is 0 Å². The molecule has 3 fully saturated rings. The Morgan fingerprint density at radius 2 is 2.00 bits per heavy atom. The van der Waals surface area contributed by atoms with Gasteiger partial charge in [-0.15, -0.1) is 0 Å². The first-order chi connectivity index (χ1) is 10.2. The Balaban J connectivity index is 1.62. The molecule has 1 saturated carbocycles. The summed E-state index contributed by atoms with van der Waals surface area (Å²) in [6.07, 6.45) is 6.09. The average Bonchev–Trinajstić information content (AvgIpc) is 3.02. The van der Waals surface area contributed by atoms with Gasteiger partial charge in [-0.25, -0.2) is 0 Å². The number of rotatable bonds is 5. The van der Waals surface area contributed by atoms with Crippen molar-refractivity contribution in [1.82, 2.24) is 9.80 Å². The molecule has 5 heteroatoms. The maximum Gasteiger partial charge on any atom is 0.245 e. The largest absolute Gasteiger partial charge is 0.376 e. The molecule has 2 saturated heterocycles. The monoisotopic (exact) mass is 294 g/mol. The zero-order valence-electron chi connectivity index (χ0n) is 12.9. The molecule has 2 heterocycles. The van der Waals surface area contributed by atoms with Crippen molar-refractivity contribution in [2.75, 3.05) is 26.2 Å². The van der Waals surface area contributed by atoms with Crippen LogP contribution in [0.15, 0.2) is 0 Å². The number of nitrogens with zero attached hydrogens (tertiary/aromatic N) is 2. The topological polar surface area (TPSA) is 49.9 Å². The molecule has 0 bridgehead atoms. The lowest BCUT2D eigenvalue weighted by molar-refractivity contribution is -0.145. The Bertz CT molecular complexity index is 402. The summed E-state index contributed by atoms with van der Waals surface area (Å²) in [5, 5.41) is 0. The SMILES string of the molecule is CCN(C[C@H]1CCCO1)C(=O)[C@H]1CCCN1C(=O)C1CC1. The van der Waals surface area contributed by atoms with Gasteiger partial charge in [-0.3, -0.25) is 9.59 Å². The van der Waals surface area contributed by atoms with E-state index in [0.717, 1.165) is 51.7 Å². The molecule has 118 valence electrons. The highest BCUT2D eigenvalue weighted by Crippen LogP contribution is 2.34. The van der Waals surface area contributed by atoms with Crippen LogP contribution in [0.2, 0.25) is 0 Å². The predicted molar refractivity (Wildman–Crippen MR) is 78.7 cm³/mol. The van der Waals surface area contributed by atoms with E-state index in [9.17, 15) is 9.59 Å². The Kier molecular flexibility index (Phi) is 4.48. The summed E-state index contributed by atoms with van der Waals surface area (Å²) in [7, 11) is 0. The normalized spacial score (nSPS) is 28.9. The quantitative estimate of drug-likeness (QED) is 0.770. The van der Waals surface area contributed by atoms with Crippen molar-refractivity contribution < 1.29 is 14.3 Å². The van der Waals surface area contributed by atoms with Crippen LogP contribution in [0.1, 0.15) is 45.4 Å². The van der Waals surface area contributed by atoms with Gasteiger partial charge in [0.2, 0.25) is 11.8 Å². The van der Waals surface area contributed by atoms with E-state index in [1.807, 2.05) is 16.7 Å². The molecule has 0 spiro atoms. The molecule has 5 nitrogen and oxygen atoms in total. The molecule has 2 atom stereocenters. The van der Waals surface area contributed by atoms with Gasteiger partial charge < -0.3 is 14.5 Å². The van der Waals surface area contributed by atoms with Gasteiger partial charge in [0.1, 0.15) is 6.04 Å². The summed E-state index contributed by atoms with van der Waals surface area (Å²) >= 11 is 0. The van der Waals surface area contributed by atoms with Gasteiger partial charge in [0, 0.05) is 32.2 Å². The minimum atomic E-state index is -0.223. The van der Waals surface area contributed by atoms with Crippen molar-refractivity contribution in [3.8, 4) is 0 Å². The number of hydrogen-bond donors (Lipinski definition) is 0. The summed E-state index contributed by atoms with van der Waals surface area (Å²) in [5.74, 6) is 0.533. The highest BCUT2D eigenvalue weighted by molar-refractivity contribution is 5.90. The molecule has 0 unspecified atom stereocenters. The lowest BCUT2D eigenvalue weighted by Gasteiger charge is -2.31. The van der Waals surface area contributed by atoms with Crippen LogP contribution in [0.5, 0.6) is 0 Å². The van der Waals surface area contributed by atoms with E-state index >= 15 is 0 Å². The first kappa shape index (κ1) is 14.8. The number of carbonyl (C=O) groups excluding carboxylic acids is 2. The zero-order valence-corrected chi connectivity index (χ0v) is 12.9. The number of carbonyl (C=O) groups is 2. The molecule has 3 aliphatic rings. The average molecular weight is 294 g/mol. The van der Waals surface area contributed by atoms with Gasteiger partial charge in [0.15, 0.2) is 0 Å². The van der Waals surface area contributed by atoms with E-state index < -0.39 is 0 Å². The molecular weight excluding hydrogens is 268 g/mol. The lowest BCUT2D eigenvalue weighted by atomic mass is 10.1. The third-order valence-electron chi connectivity index (χ3n) is 4.89. The first-order valence-electron chi connectivity index (χ1n) is 8.41. The predicted octanol–water partition coefficient (Wildman–Crippen LogP) is 1.41. The van der Waals surface area contributed by atoms with Crippen LogP contribution < -0.4 is 0 Å². The van der Waals surface area contributed by atoms with Gasteiger partial charge in [-0.2, -0.15) is 0 Å². The van der Waals surface area contributed by atoms with Crippen LogP contribution in [-0.4, -0.2) is 60.0 Å². The second-order valence-corrected chi connectivity index (χ2v) is 6.48. The molecular formula is C16H26N2O3. The minimum absolute atomic E-state index is 0.125. The molecule has 2 aliphatic heterocycles. The third kappa shape index (κ3) is 3.23. The van der Waals surface area contributed by atoms with Gasteiger partial charge >= 0.3 is 0 Å². The highest BCUT2D eigenvalue weighted by atomic mass is 16.5. The number of likely N-dealkylation sites (tertiary alicyclic amines) is 1. The molecule has 0 aromatic heterocycles. The van der Waals surface area contributed by atoms with E-state index in [4.69, 9.17) is 4.74 Å². The fraction of sp³-hybridized carbons (Fsp3) is 0.875. The van der Waals surface area contributed by atoms with E-state index in [1.165, 1.54) is 0 Å². The minimum Gasteiger partial charge on any atom is -0.376 e. The Labute approximate surface area is 126 Å². The van der Waals surface area contributed by atoms with Crippen LogP contribution in [0, 0.1) is 5.92 Å². The van der Waals surface area contributed by atoms with Crippen molar-refractivity contribution in [2.24, 2.45) is 5.92 Å². The van der Waals surface area contributed by atoms with E-state index in [1.54, 1.807) is 0 Å². The first-order valence-corrected chi connectivity index (χ1v) is 8.41. The van der Waals surface area contributed by atoms with Crippen LogP contribution in [0.25, 0.3) is 0 Å². The van der Waals surface area contributed by atoms with E-state index in [2.05, 4.69) is 0 Å². The lowest BCUT2D eigenvalue weighted by Crippen LogP contribution is -2.49. The standard InChI is InChI=1S/C16H26N2O3/c1-2-17(11-13-5-4-10-21-13)16(20)14-6-3-9-18(14)15(19)12-7-8-12/h12-14H,2-11H2,1H3/t13-,14-/m1/s1. The van der Waals surface area contributed by atoms with Crippen LogP contribution in [0.3, 0.4) is 0 Å². The second kappa shape index (κ2) is 6.34. The second-order valence-electron chi connectivity index (χ2n) is 6.48. The maximum absolute atomic E-state index is 12.8. The molecule has 0 aromatic rings. The van der Waals surface area contributed by atoms with Crippen molar-refractivity contribution in [1.29, 1.82) is 0 Å². The summed E-state index contributed by atoms with van der Waals surface area (Å²) < 4.78 is 5.65. The molecule has 1 aliphatic carbocycles. The van der Waals surface area contributed by atoms with Crippen molar-refractivity contribution in [3.05, 3.63) is 0 Å². The van der Waals surface area contributed by atoms with Gasteiger partial charge in [-0.05, 0) is 45.4 Å². The number of likely N-dealkylation sites (N-methyl/N-ethyl adjacent to an activating group) is 1. The number of amides is 2. The van der Waals surface area contributed by atoms with Crippen molar-refractivity contribution in [2.45, 2.75) is 57.6 Å². The highest BCUT2D eigenvalue weighted by Gasteiger charge is 2.42. The van der Waals surface area contributed by atoms with E-state index in [-0.39, 0.29) is 29.9 Å². The summed E-state index contributed by atoms with van der Waals surface area (Å²) in [5.41, 5.74) is 0. The van der Waals surface area contributed by atoms with Crippen molar-refractivity contribution >= 4 is 11.8 Å². The number of hydrogen-bond acceptors (Lipinski definition) is 3. The molecule has 21 heavy (non-hydrogen) atoms. The van der Waals surface area contributed by atoms with Crippen LogP contribution in [-0.2, 0) is 14.3 Å². The summed E-state index contributed by atoms with van der Waals surface area (Å²) in [4.78, 5) is 28.8. The summed E-state index contributed by atoms with van der Waals surface area (Å²) in [6, 6.07) is -0.223. The fourth-order valence-corrected chi connectivity index (χ4v) is 3.47. The molecule has 3 rings (SSSR count). The Morgan fingerprint density at radius 3 is 2.62 bits per heavy atom. The number of ether oxygens (including phenoxy) is 1. The molecule has 0 radical (unpaired) electrons. The fourth-order valence-electron chi connectivity index (χ4n) is 3.47. The maximum atomic E-state index is 12.8. The molecule has 0 N–H and O–H groups in total.